The van der Waals surface area contributed by atoms with Crippen LogP contribution < -0.4 is 5.73 Å². The van der Waals surface area contributed by atoms with Gasteiger partial charge in [0, 0.05) is 13.1 Å². The second-order valence-electron chi connectivity index (χ2n) is 5.31. The van der Waals surface area contributed by atoms with Gasteiger partial charge in [0.2, 0.25) is 0 Å². The number of nitrogens with zero attached hydrogens (tertiary/aromatic N) is 1. The van der Waals surface area contributed by atoms with Gasteiger partial charge < -0.3 is 10.5 Å². The molecule has 4 nitrogen and oxygen atoms in total. The van der Waals surface area contributed by atoms with Crippen molar-refractivity contribution in [1.29, 1.82) is 0 Å². The summed E-state index contributed by atoms with van der Waals surface area (Å²) in [4.78, 5) is 13.8. The Morgan fingerprint density at radius 2 is 2.20 bits per heavy atom. The molecule has 1 heterocycles. The van der Waals surface area contributed by atoms with E-state index < -0.39 is 6.04 Å². The third-order valence-corrected chi connectivity index (χ3v) is 3.84. The number of esters is 1. The molecule has 110 valence electrons. The summed E-state index contributed by atoms with van der Waals surface area (Å²) < 4.78 is 17.6. The second kappa shape index (κ2) is 6.81. The van der Waals surface area contributed by atoms with E-state index in [0.29, 0.717) is 0 Å². The number of piperidine rings is 1. The topological polar surface area (TPSA) is 55.6 Å². The number of carbonyl (C=O) groups excluding carboxylic acids is 1. The van der Waals surface area contributed by atoms with Crippen LogP contribution in [0.3, 0.4) is 0 Å². The minimum Gasteiger partial charge on any atom is -0.468 e. The Morgan fingerprint density at radius 3 is 2.85 bits per heavy atom. The first kappa shape index (κ1) is 14.9. The zero-order valence-corrected chi connectivity index (χ0v) is 11.7. The van der Waals surface area contributed by atoms with Gasteiger partial charge in [0.15, 0.2) is 0 Å². The van der Waals surface area contributed by atoms with Crippen LogP contribution in [-0.2, 0) is 16.1 Å². The van der Waals surface area contributed by atoms with Crippen LogP contribution in [0.4, 0.5) is 4.39 Å². The molecule has 1 aliphatic heterocycles. The number of benzene rings is 1. The molecule has 1 aliphatic rings. The van der Waals surface area contributed by atoms with Crippen molar-refractivity contribution in [2.45, 2.75) is 25.4 Å². The van der Waals surface area contributed by atoms with Gasteiger partial charge in [0.1, 0.15) is 11.9 Å². The lowest BCUT2D eigenvalue weighted by Crippen LogP contribution is -2.47. The molecule has 2 rings (SSSR count). The van der Waals surface area contributed by atoms with Crippen molar-refractivity contribution in [3.05, 3.63) is 35.6 Å². The van der Waals surface area contributed by atoms with E-state index in [2.05, 4.69) is 4.90 Å². The summed E-state index contributed by atoms with van der Waals surface area (Å²) in [5.41, 5.74) is 7.00. The zero-order chi connectivity index (χ0) is 14.5. The second-order valence-corrected chi connectivity index (χ2v) is 5.31. The summed E-state index contributed by atoms with van der Waals surface area (Å²) in [6, 6.07) is 5.96. The summed E-state index contributed by atoms with van der Waals surface area (Å²) in [6.07, 6.45) is 1.95. The van der Waals surface area contributed by atoms with Gasteiger partial charge >= 0.3 is 5.97 Å². The van der Waals surface area contributed by atoms with E-state index >= 15 is 0 Å². The Labute approximate surface area is 118 Å². The number of likely N-dealkylation sites (tertiary alicyclic amines) is 1. The summed E-state index contributed by atoms with van der Waals surface area (Å²) >= 11 is 0. The van der Waals surface area contributed by atoms with Crippen molar-refractivity contribution in [3.63, 3.8) is 0 Å². The lowest BCUT2D eigenvalue weighted by molar-refractivity contribution is -0.144. The number of nitrogens with two attached hydrogens (primary N) is 1. The highest BCUT2D eigenvalue weighted by Gasteiger charge is 2.29. The monoisotopic (exact) mass is 280 g/mol. The quantitative estimate of drug-likeness (QED) is 0.850. The standard InChI is InChI=1S/C15H21FN2O2/c1-20-15(19)14(17)12-3-2-8-18(10-12)9-11-4-6-13(16)7-5-11/h4-7,12,14H,2-3,8-10,17H2,1H3. The largest absolute Gasteiger partial charge is 0.468 e. The van der Waals surface area contributed by atoms with Crippen LogP contribution in [0, 0.1) is 11.7 Å². The molecule has 2 N–H and O–H groups in total. The van der Waals surface area contributed by atoms with E-state index in [1.165, 1.54) is 19.2 Å². The Morgan fingerprint density at radius 1 is 1.50 bits per heavy atom. The fraction of sp³-hybridized carbons (Fsp3) is 0.533. The Bertz CT molecular complexity index is 450. The van der Waals surface area contributed by atoms with Gasteiger partial charge in [-0.3, -0.25) is 9.69 Å². The van der Waals surface area contributed by atoms with Crippen molar-refractivity contribution in [3.8, 4) is 0 Å². The molecule has 0 aromatic heterocycles. The number of ether oxygens (including phenoxy) is 1. The van der Waals surface area contributed by atoms with Crippen LogP contribution in [0.2, 0.25) is 0 Å². The van der Waals surface area contributed by atoms with Gasteiger partial charge in [0.25, 0.3) is 0 Å². The SMILES string of the molecule is COC(=O)C(N)C1CCCN(Cc2ccc(F)cc2)C1. The zero-order valence-electron chi connectivity index (χ0n) is 11.7. The van der Waals surface area contributed by atoms with Crippen LogP contribution in [-0.4, -0.2) is 37.1 Å². The van der Waals surface area contributed by atoms with E-state index in [1.54, 1.807) is 12.1 Å². The van der Waals surface area contributed by atoms with Gasteiger partial charge in [-0.05, 0) is 43.0 Å². The number of carbonyl (C=O) groups is 1. The number of methoxy groups -OCH3 is 1. The molecule has 0 bridgehead atoms. The molecular formula is C15H21FN2O2. The summed E-state index contributed by atoms with van der Waals surface area (Å²) in [5, 5.41) is 0. The molecule has 0 saturated carbocycles. The maximum Gasteiger partial charge on any atom is 0.322 e. The predicted molar refractivity (Wildman–Crippen MR) is 74.4 cm³/mol. The Kier molecular flexibility index (Phi) is 5.09. The summed E-state index contributed by atoms with van der Waals surface area (Å²) in [5.74, 6) is -0.451. The fourth-order valence-electron chi connectivity index (χ4n) is 2.70. The van der Waals surface area contributed by atoms with Gasteiger partial charge in [-0.2, -0.15) is 0 Å². The molecule has 5 heteroatoms. The predicted octanol–water partition coefficient (Wildman–Crippen LogP) is 1.54. The number of hydrogen-bond acceptors (Lipinski definition) is 4. The van der Waals surface area contributed by atoms with Gasteiger partial charge in [-0.25, -0.2) is 4.39 Å². The lowest BCUT2D eigenvalue weighted by Gasteiger charge is -2.34. The van der Waals surface area contributed by atoms with Crippen molar-refractivity contribution in [2.75, 3.05) is 20.2 Å². The Balaban J connectivity index is 1.93. The van der Waals surface area contributed by atoms with Crippen LogP contribution in [0.1, 0.15) is 18.4 Å². The van der Waals surface area contributed by atoms with Crippen molar-refractivity contribution in [2.24, 2.45) is 11.7 Å². The maximum atomic E-state index is 12.9. The van der Waals surface area contributed by atoms with Crippen LogP contribution in [0.5, 0.6) is 0 Å². The maximum absolute atomic E-state index is 12.9. The average molecular weight is 280 g/mol. The molecule has 1 aromatic rings. The van der Waals surface area contributed by atoms with E-state index in [4.69, 9.17) is 10.5 Å². The molecule has 1 saturated heterocycles. The molecule has 0 radical (unpaired) electrons. The number of halogens is 1. The van der Waals surface area contributed by atoms with Crippen molar-refractivity contribution in [1.82, 2.24) is 4.90 Å². The van der Waals surface area contributed by atoms with Crippen molar-refractivity contribution < 1.29 is 13.9 Å². The summed E-state index contributed by atoms with van der Waals surface area (Å²) in [6.45, 7) is 2.50. The normalized spacial score (nSPS) is 21.4. The molecule has 0 amide bonds. The highest BCUT2D eigenvalue weighted by molar-refractivity contribution is 5.75. The van der Waals surface area contributed by atoms with Crippen LogP contribution >= 0.6 is 0 Å². The fourth-order valence-corrected chi connectivity index (χ4v) is 2.70. The smallest absolute Gasteiger partial charge is 0.322 e. The van der Waals surface area contributed by atoms with E-state index in [9.17, 15) is 9.18 Å². The lowest BCUT2D eigenvalue weighted by atomic mass is 9.91. The third-order valence-electron chi connectivity index (χ3n) is 3.84. The molecule has 1 fully saturated rings. The molecule has 20 heavy (non-hydrogen) atoms. The van der Waals surface area contributed by atoms with E-state index in [1.807, 2.05) is 0 Å². The minimum absolute atomic E-state index is 0.122. The van der Waals surface area contributed by atoms with Gasteiger partial charge in [-0.15, -0.1) is 0 Å². The van der Waals surface area contributed by atoms with E-state index in [0.717, 1.165) is 38.0 Å². The number of rotatable bonds is 4. The minimum atomic E-state index is -0.559. The first-order valence-electron chi connectivity index (χ1n) is 6.90. The summed E-state index contributed by atoms with van der Waals surface area (Å²) in [7, 11) is 1.36. The number of hydrogen-bond donors (Lipinski definition) is 1. The first-order valence-corrected chi connectivity index (χ1v) is 6.90. The molecule has 2 unspecified atom stereocenters. The molecule has 1 aromatic carbocycles. The highest BCUT2D eigenvalue weighted by atomic mass is 19.1. The Hall–Kier alpha value is -1.46. The van der Waals surface area contributed by atoms with E-state index in [-0.39, 0.29) is 17.7 Å². The highest BCUT2D eigenvalue weighted by Crippen LogP contribution is 2.21. The molecule has 0 aliphatic carbocycles. The third kappa shape index (κ3) is 3.77. The molecular weight excluding hydrogens is 259 g/mol. The van der Waals surface area contributed by atoms with Gasteiger partial charge in [0.05, 0.1) is 7.11 Å². The molecule has 2 atom stereocenters. The van der Waals surface area contributed by atoms with Gasteiger partial charge in [-0.1, -0.05) is 12.1 Å². The van der Waals surface area contributed by atoms with Crippen molar-refractivity contribution >= 4 is 5.97 Å². The van der Waals surface area contributed by atoms with Crippen LogP contribution in [0.25, 0.3) is 0 Å². The first-order chi connectivity index (χ1) is 9.60. The van der Waals surface area contributed by atoms with Crippen LogP contribution in [0.15, 0.2) is 24.3 Å². The molecule has 0 spiro atoms. The average Bonchev–Trinajstić information content (AvgIpc) is 2.48.